The van der Waals surface area contributed by atoms with E-state index in [0.717, 1.165) is 5.56 Å². The summed E-state index contributed by atoms with van der Waals surface area (Å²) in [5.41, 5.74) is 0.586. The summed E-state index contributed by atoms with van der Waals surface area (Å²) in [6, 6.07) is 9.88. The van der Waals surface area contributed by atoms with Gasteiger partial charge in [-0.2, -0.15) is 0 Å². The third-order valence-electron chi connectivity index (χ3n) is 3.94. The molecule has 4 N–H and O–H groups in total. The first kappa shape index (κ1) is 15.6. The van der Waals surface area contributed by atoms with E-state index >= 15 is 0 Å². The SMILES string of the molecule is Cc1ccc(C(c2c(O)cc[nH]c2=O)c2c(O)cc[nH]c2=O)cc1. The fourth-order valence-corrected chi connectivity index (χ4v) is 2.75. The molecule has 0 aliphatic carbocycles. The third-order valence-corrected chi connectivity index (χ3v) is 3.94. The molecule has 0 fully saturated rings. The van der Waals surface area contributed by atoms with Crippen LogP contribution in [0, 0.1) is 6.92 Å². The van der Waals surface area contributed by atoms with Crippen molar-refractivity contribution in [3.63, 3.8) is 0 Å². The van der Waals surface area contributed by atoms with Crippen LogP contribution in [0.4, 0.5) is 0 Å². The molecule has 6 nitrogen and oxygen atoms in total. The van der Waals surface area contributed by atoms with Gasteiger partial charge < -0.3 is 20.2 Å². The number of aromatic amines is 2. The number of nitrogens with one attached hydrogen (secondary N) is 2. The Bertz CT molecular complexity index is 927. The van der Waals surface area contributed by atoms with E-state index in [9.17, 15) is 19.8 Å². The molecule has 0 saturated heterocycles. The molecule has 0 bridgehead atoms. The quantitative estimate of drug-likeness (QED) is 0.591. The van der Waals surface area contributed by atoms with E-state index in [4.69, 9.17) is 0 Å². The molecule has 0 atom stereocenters. The number of benzene rings is 1. The van der Waals surface area contributed by atoms with Crippen LogP contribution in [0.3, 0.4) is 0 Å². The van der Waals surface area contributed by atoms with Crippen molar-refractivity contribution in [2.24, 2.45) is 0 Å². The summed E-state index contributed by atoms with van der Waals surface area (Å²) in [5, 5.41) is 20.4. The van der Waals surface area contributed by atoms with Crippen molar-refractivity contribution >= 4 is 0 Å². The maximum atomic E-state index is 12.3. The summed E-state index contributed by atoms with van der Waals surface area (Å²) in [5.74, 6) is -1.39. The number of hydrogen-bond donors (Lipinski definition) is 4. The molecule has 0 unspecified atom stereocenters. The fraction of sp³-hybridized carbons (Fsp3) is 0.111. The molecule has 0 radical (unpaired) electrons. The van der Waals surface area contributed by atoms with Gasteiger partial charge in [-0.1, -0.05) is 29.8 Å². The van der Waals surface area contributed by atoms with Gasteiger partial charge in [0.15, 0.2) is 0 Å². The van der Waals surface area contributed by atoms with Crippen LogP contribution in [0.1, 0.15) is 28.2 Å². The first-order valence-electron chi connectivity index (χ1n) is 7.36. The molecule has 2 heterocycles. The minimum atomic E-state index is -0.902. The van der Waals surface area contributed by atoms with Crippen molar-refractivity contribution in [3.05, 3.63) is 91.8 Å². The van der Waals surface area contributed by atoms with E-state index in [1.54, 1.807) is 12.1 Å². The van der Waals surface area contributed by atoms with Crippen LogP contribution >= 0.6 is 0 Å². The number of hydrogen-bond acceptors (Lipinski definition) is 4. The topological polar surface area (TPSA) is 106 Å². The molecule has 3 aromatic rings. The Morgan fingerprint density at radius 2 is 1.25 bits per heavy atom. The maximum Gasteiger partial charge on any atom is 0.255 e. The molecule has 0 aliphatic rings. The monoisotopic (exact) mass is 324 g/mol. The normalized spacial score (nSPS) is 10.9. The first-order chi connectivity index (χ1) is 11.5. The number of H-pyrrole nitrogens is 2. The molecule has 122 valence electrons. The predicted octanol–water partition coefficient (Wildman–Crippen LogP) is 1.96. The summed E-state index contributed by atoms with van der Waals surface area (Å²) >= 11 is 0. The van der Waals surface area contributed by atoms with E-state index in [1.807, 2.05) is 19.1 Å². The lowest BCUT2D eigenvalue weighted by Crippen LogP contribution is -2.23. The average molecular weight is 324 g/mol. The van der Waals surface area contributed by atoms with Crippen LogP contribution in [0.2, 0.25) is 0 Å². The van der Waals surface area contributed by atoms with Gasteiger partial charge >= 0.3 is 0 Å². The predicted molar refractivity (Wildman–Crippen MR) is 89.6 cm³/mol. The smallest absolute Gasteiger partial charge is 0.255 e. The van der Waals surface area contributed by atoms with Gasteiger partial charge in [-0.3, -0.25) is 9.59 Å². The van der Waals surface area contributed by atoms with Crippen LogP contribution in [0.25, 0.3) is 0 Å². The number of rotatable bonds is 3. The van der Waals surface area contributed by atoms with E-state index in [1.165, 1.54) is 24.5 Å². The van der Waals surface area contributed by atoms with Gasteiger partial charge in [0.1, 0.15) is 11.5 Å². The Morgan fingerprint density at radius 3 is 1.67 bits per heavy atom. The van der Waals surface area contributed by atoms with Crippen molar-refractivity contribution in [3.8, 4) is 11.5 Å². The molecule has 0 spiro atoms. The van der Waals surface area contributed by atoms with Gasteiger partial charge in [0, 0.05) is 12.4 Å². The van der Waals surface area contributed by atoms with E-state index in [0.29, 0.717) is 5.56 Å². The van der Waals surface area contributed by atoms with Crippen molar-refractivity contribution in [2.45, 2.75) is 12.8 Å². The molecular weight excluding hydrogens is 308 g/mol. The second-order valence-electron chi connectivity index (χ2n) is 5.56. The van der Waals surface area contributed by atoms with Gasteiger partial charge in [0.05, 0.1) is 17.0 Å². The Labute approximate surface area is 137 Å². The first-order valence-corrected chi connectivity index (χ1v) is 7.36. The lowest BCUT2D eigenvalue weighted by molar-refractivity contribution is 0.455. The van der Waals surface area contributed by atoms with Crippen molar-refractivity contribution < 1.29 is 10.2 Å². The summed E-state index contributed by atoms with van der Waals surface area (Å²) < 4.78 is 0. The zero-order valence-electron chi connectivity index (χ0n) is 12.9. The van der Waals surface area contributed by atoms with Crippen LogP contribution in [-0.2, 0) is 0 Å². The highest BCUT2D eigenvalue weighted by Crippen LogP contribution is 2.36. The van der Waals surface area contributed by atoms with Gasteiger partial charge in [0.25, 0.3) is 11.1 Å². The van der Waals surface area contributed by atoms with Crippen molar-refractivity contribution in [1.82, 2.24) is 9.97 Å². The van der Waals surface area contributed by atoms with E-state index < -0.39 is 17.0 Å². The lowest BCUT2D eigenvalue weighted by Gasteiger charge is -2.19. The summed E-state index contributed by atoms with van der Waals surface area (Å²) in [6.45, 7) is 1.92. The summed E-state index contributed by atoms with van der Waals surface area (Å²) in [4.78, 5) is 29.6. The highest BCUT2D eigenvalue weighted by Gasteiger charge is 2.28. The van der Waals surface area contributed by atoms with E-state index in [-0.39, 0.29) is 22.6 Å². The highest BCUT2D eigenvalue weighted by molar-refractivity contribution is 5.50. The van der Waals surface area contributed by atoms with Crippen LogP contribution in [-0.4, -0.2) is 20.2 Å². The molecule has 0 aliphatic heterocycles. The van der Waals surface area contributed by atoms with Crippen molar-refractivity contribution in [1.29, 1.82) is 0 Å². The zero-order chi connectivity index (χ0) is 17.3. The van der Waals surface area contributed by atoms with Crippen molar-refractivity contribution in [2.75, 3.05) is 0 Å². The fourth-order valence-electron chi connectivity index (χ4n) is 2.75. The zero-order valence-corrected chi connectivity index (χ0v) is 12.9. The van der Waals surface area contributed by atoms with Crippen LogP contribution < -0.4 is 11.1 Å². The Balaban J connectivity index is 2.36. The molecule has 6 heteroatoms. The molecule has 3 rings (SSSR count). The summed E-state index contributed by atoms with van der Waals surface area (Å²) in [7, 11) is 0. The molecule has 1 aromatic carbocycles. The number of pyridine rings is 2. The average Bonchev–Trinajstić information content (AvgIpc) is 2.54. The number of aromatic nitrogens is 2. The Hall–Kier alpha value is -3.28. The second-order valence-corrected chi connectivity index (χ2v) is 5.56. The van der Waals surface area contributed by atoms with Gasteiger partial charge in [-0.15, -0.1) is 0 Å². The van der Waals surface area contributed by atoms with Gasteiger partial charge in [-0.05, 0) is 24.6 Å². The Kier molecular flexibility index (Phi) is 3.95. The summed E-state index contributed by atoms with van der Waals surface area (Å²) in [6.07, 6.45) is 2.64. The van der Waals surface area contributed by atoms with Crippen LogP contribution in [0.15, 0.2) is 58.4 Å². The molecule has 24 heavy (non-hydrogen) atoms. The standard InChI is InChI=1S/C18H16N2O4/c1-10-2-4-11(5-3-10)14(15-12(21)6-8-19-17(15)23)16-13(22)7-9-20-18(16)24/h2-9,14H,1H3,(H2,19,21,23)(H2,20,22,24). The van der Waals surface area contributed by atoms with Gasteiger partial charge in [-0.25, -0.2) is 0 Å². The molecule has 0 saturated carbocycles. The molecular formula is C18H16N2O4. The van der Waals surface area contributed by atoms with Crippen LogP contribution in [0.5, 0.6) is 11.5 Å². The maximum absolute atomic E-state index is 12.3. The highest BCUT2D eigenvalue weighted by atomic mass is 16.3. The third kappa shape index (κ3) is 2.69. The number of aromatic hydroxyl groups is 2. The minimum Gasteiger partial charge on any atom is -0.507 e. The van der Waals surface area contributed by atoms with Gasteiger partial charge in [0.2, 0.25) is 0 Å². The van der Waals surface area contributed by atoms with E-state index in [2.05, 4.69) is 9.97 Å². The lowest BCUT2D eigenvalue weighted by atomic mass is 9.85. The second kappa shape index (κ2) is 6.08. The largest absolute Gasteiger partial charge is 0.507 e. The number of aryl methyl sites for hydroxylation is 1. The molecule has 0 amide bonds. The molecule has 2 aromatic heterocycles. The minimum absolute atomic E-state index is 0.00773. The Morgan fingerprint density at radius 1 is 0.792 bits per heavy atom.